The maximum atomic E-state index is 11.6. The molecule has 2 rings (SSSR count). The summed E-state index contributed by atoms with van der Waals surface area (Å²) in [6.07, 6.45) is 9.76. The molecule has 2 aromatic carbocycles. The number of carboxylic acids is 1. The summed E-state index contributed by atoms with van der Waals surface area (Å²) < 4.78 is 0. The molecule has 0 amide bonds. The van der Waals surface area contributed by atoms with Gasteiger partial charge < -0.3 is 5.11 Å². The van der Waals surface area contributed by atoms with E-state index in [0.29, 0.717) is 5.56 Å². The summed E-state index contributed by atoms with van der Waals surface area (Å²) in [6.45, 7) is 4.33. The normalized spacial score (nSPS) is 11.1. The third-order valence-corrected chi connectivity index (χ3v) is 4.12. The van der Waals surface area contributed by atoms with Gasteiger partial charge in [0.2, 0.25) is 0 Å². The van der Waals surface area contributed by atoms with Crippen molar-refractivity contribution >= 4 is 12.0 Å². The lowest BCUT2D eigenvalue weighted by molar-refractivity contribution is 0.0697. The van der Waals surface area contributed by atoms with Crippen molar-refractivity contribution in [3.63, 3.8) is 0 Å². The number of carbonyl (C=O) groups is 1. The molecule has 0 heterocycles. The Morgan fingerprint density at radius 1 is 1.04 bits per heavy atom. The second-order valence-corrected chi connectivity index (χ2v) is 6.10. The number of aryl methyl sites for hydroxylation is 1. The molecule has 0 aliphatic carbocycles. The number of carboxylic acid groups (broad SMARTS) is 1. The minimum absolute atomic E-state index is 0.351. The Balaban J connectivity index is 2.34. The second kappa shape index (κ2) is 9.07. The molecule has 2 heteroatoms. The van der Waals surface area contributed by atoms with Gasteiger partial charge in [-0.05, 0) is 53.6 Å². The van der Waals surface area contributed by atoms with E-state index in [1.165, 1.54) is 18.4 Å². The van der Waals surface area contributed by atoms with E-state index in [1.807, 2.05) is 24.3 Å². The van der Waals surface area contributed by atoms with Crippen LogP contribution < -0.4 is 0 Å². The molecule has 0 unspecified atom stereocenters. The zero-order valence-corrected chi connectivity index (χ0v) is 14.6. The molecule has 0 aliphatic rings. The molecule has 0 saturated heterocycles. The quantitative estimate of drug-likeness (QED) is 0.627. The highest BCUT2D eigenvalue weighted by Gasteiger charge is 2.12. The summed E-state index contributed by atoms with van der Waals surface area (Å²) >= 11 is 0. The first-order valence-corrected chi connectivity index (χ1v) is 8.79. The molecule has 0 spiro atoms. The number of benzene rings is 2. The summed E-state index contributed by atoms with van der Waals surface area (Å²) in [4.78, 5) is 11.6. The minimum Gasteiger partial charge on any atom is -0.478 e. The number of aromatic carboxylic acids is 1. The van der Waals surface area contributed by atoms with Gasteiger partial charge in [-0.3, -0.25) is 0 Å². The van der Waals surface area contributed by atoms with Gasteiger partial charge in [0.15, 0.2) is 0 Å². The van der Waals surface area contributed by atoms with E-state index in [1.54, 1.807) is 6.07 Å². The molecule has 2 nitrogen and oxygen atoms in total. The van der Waals surface area contributed by atoms with E-state index in [-0.39, 0.29) is 0 Å². The Morgan fingerprint density at radius 3 is 2.42 bits per heavy atom. The van der Waals surface area contributed by atoms with Crippen molar-refractivity contribution in [1.82, 2.24) is 0 Å². The van der Waals surface area contributed by atoms with Crippen LogP contribution in [0.4, 0.5) is 0 Å². The Hall–Kier alpha value is -2.35. The van der Waals surface area contributed by atoms with Gasteiger partial charge in [0.1, 0.15) is 0 Å². The van der Waals surface area contributed by atoms with Crippen LogP contribution in [0.1, 0.15) is 61.0 Å². The molecule has 1 N–H and O–H groups in total. The summed E-state index contributed by atoms with van der Waals surface area (Å²) in [7, 11) is 0. The summed E-state index contributed by atoms with van der Waals surface area (Å²) in [5.74, 6) is -0.885. The van der Waals surface area contributed by atoms with Crippen LogP contribution in [0.2, 0.25) is 0 Å². The van der Waals surface area contributed by atoms with Crippen LogP contribution in [0, 0.1) is 0 Å². The predicted octanol–water partition coefficient (Wildman–Crippen LogP) is 6.21. The van der Waals surface area contributed by atoms with Crippen molar-refractivity contribution < 1.29 is 9.90 Å². The van der Waals surface area contributed by atoms with Crippen LogP contribution in [0.15, 0.2) is 48.5 Å². The standard InChI is InChI=1S/C22H26O2/c1-3-5-7-9-18-12-15-20(22(23)24)21(16-18)19-13-10-17(11-14-19)8-6-4-2/h7,9-16H,3-6,8H2,1-2H3,(H,23,24)/b9-7+. The van der Waals surface area contributed by atoms with E-state index in [9.17, 15) is 9.90 Å². The molecule has 126 valence electrons. The molecule has 0 aliphatic heterocycles. The Morgan fingerprint density at radius 2 is 1.79 bits per heavy atom. The summed E-state index contributed by atoms with van der Waals surface area (Å²) in [6, 6.07) is 13.8. The maximum Gasteiger partial charge on any atom is 0.336 e. The maximum absolute atomic E-state index is 11.6. The lowest BCUT2D eigenvalue weighted by atomic mass is 9.95. The highest BCUT2D eigenvalue weighted by molar-refractivity contribution is 5.96. The van der Waals surface area contributed by atoms with Gasteiger partial charge in [0.05, 0.1) is 5.56 Å². The molecule has 0 bridgehead atoms. The van der Waals surface area contributed by atoms with Crippen molar-refractivity contribution in [2.24, 2.45) is 0 Å². The second-order valence-electron chi connectivity index (χ2n) is 6.10. The first kappa shape index (κ1) is 18.0. The van der Waals surface area contributed by atoms with Crippen LogP contribution in [0.3, 0.4) is 0 Å². The van der Waals surface area contributed by atoms with Crippen molar-refractivity contribution in [2.45, 2.75) is 46.0 Å². The van der Waals surface area contributed by atoms with Crippen molar-refractivity contribution in [2.75, 3.05) is 0 Å². The zero-order chi connectivity index (χ0) is 17.4. The number of unbranched alkanes of at least 4 members (excludes halogenated alkanes) is 2. The highest BCUT2D eigenvalue weighted by atomic mass is 16.4. The van der Waals surface area contributed by atoms with Gasteiger partial charge in [-0.2, -0.15) is 0 Å². The van der Waals surface area contributed by atoms with Crippen LogP contribution in [0.25, 0.3) is 17.2 Å². The fourth-order valence-electron chi connectivity index (χ4n) is 2.71. The Kier molecular flexibility index (Phi) is 6.80. The highest BCUT2D eigenvalue weighted by Crippen LogP contribution is 2.26. The Bertz CT molecular complexity index is 696. The molecule has 0 aromatic heterocycles. The van der Waals surface area contributed by atoms with E-state index < -0.39 is 5.97 Å². The number of hydrogen-bond acceptors (Lipinski definition) is 1. The molecular formula is C22H26O2. The number of rotatable bonds is 8. The van der Waals surface area contributed by atoms with Crippen LogP contribution in [-0.4, -0.2) is 11.1 Å². The van der Waals surface area contributed by atoms with Gasteiger partial charge in [-0.1, -0.05) is 69.2 Å². The average molecular weight is 322 g/mol. The van der Waals surface area contributed by atoms with Gasteiger partial charge in [0, 0.05) is 0 Å². The monoisotopic (exact) mass is 322 g/mol. The first-order chi connectivity index (χ1) is 11.7. The summed E-state index contributed by atoms with van der Waals surface area (Å²) in [5.41, 5.74) is 4.43. The topological polar surface area (TPSA) is 37.3 Å². The minimum atomic E-state index is -0.885. The van der Waals surface area contributed by atoms with Crippen LogP contribution in [-0.2, 0) is 6.42 Å². The molecule has 0 fully saturated rings. The van der Waals surface area contributed by atoms with Crippen molar-refractivity contribution in [3.8, 4) is 11.1 Å². The lowest BCUT2D eigenvalue weighted by Gasteiger charge is -2.09. The van der Waals surface area contributed by atoms with E-state index in [0.717, 1.165) is 36.0 Å². The third kappa shape index (κ3) is 4.82. The largest absolute Gasteiger partial charge is 0.478 e. The van der Waals surface area contributed by atoms with Crippen LogP contribution >= 0.6 is 0 Å². The molecule has 0 atom stereocenters. The Labute approximate surface area is 144 Å². The molecule has 2 aromatic rings. The first-order valence-electron chi connectivity index (χ1n) is 8.79. The average Bonchev–Trinajstić information content (AvgIpc) is 2.60. The fourth-order valence-corrected chi connectivity index (χ4v) is 2.71. The van der Waals surface area contributed by atoms with Gasteiger partial charge in [-0.15, -0.1) is 0 Å². The smallest absolute Gasteiger partial charge is 0.336 e. The fraction of sp³-hybridized carbons (Fsp3) is 0.318. The molecular weight excluding hydrogens is 296 g/mol. The van der Waals surface area contributed by atoms with Gasteiger partial charge >= 0.3 is 5.97 Å². The summed E-state index contributed by atoms with van der Waals surface area (Å²) in [5, 5.41) is 9.48. The van der Waals surface area contributed by atoms with Crippen LogP contribution in [0.5, 0.6) is 0 Å². The molecule has 0 radical (unpaired) electrons. The zero-order valence-electron chi connectivity index (χ0n) is 14.6. The van der Waals surface area contributed by atoms with E-state index in [2.05, 4.69) is 38.1 Å². The predicted molar refractivity (Wildman–Crippen MR) is 101 cm³/mol. The SMILES string of the molecule is CCC/C=C/c1ccc(C(=O)O)c(-c2ccc(CCCC)cc2)c1. The van der Waals surface area contributed by atoms with Crippen molar-refractivity contribution in [1.29, 1.82) is 0 Å². The van der Waals surface area contributed by atoms with Crippen molar-refractivity contribution in [3.05, 3.63) is 65.2 Å². The van der Waals surface area contributed by atoms with E-state index in [4.69, 9.17) is 0 Å². The number of hydrogen-bond donors (Lipinski definition) is 1. The lowest BCUT2D eigenvalue weighted by Crippen LogP contribution is -2.00. The van der Waals surface area contributed by atoms with Gasteiger partial charge in [0.25, 0.3) is 0 Å². The van der Waals surface area contributed by atoms with E-state index >= 15 is 0 Å². The molecule has 0 saturated carbocycles. The third-order valence-electron chi connectivity index (χ3n) is 4.12. The van der Waals surface area contributed by atoms with Gasteiger partial charge in [-0.25, -0.2) is 4.79 Å². The number of allylic oxidation sites excluding steroid dienone is 1. The molecule has 24 heavy (non-hydrogen) atoms.